The van der Waals surface area contributed by atoms with Crippen molar-refractivity contribution in [2.45, 2.75) is 19.4 Å². The lowest BCUT2D eigenvalue weighted by Crippen LogP contribution is -2.45. The van der Waals surface area contributed by atoms with Gasteiger partial charge in [0.05, 0.1) is 24.3 Å². The minimum absolute atomic E-state index is 0.346. The second-order valence-electron chi connectivity index (χ2n) is 6.09. The molecule has 28 heavy (non-hydrogen) atoms. The molecule has 0 aliphatic carbocycles. The Balaban J connectivity index is 1.84. The van der Waals surface area contributed by atoms with Gasteiger partial charge in [0.25, 0.3) is 0 Å². The number of rotatable bonds is 5. The highest BCUT2D eigenvalue weighted by Gasteiger charge is 2.32. The number of methoxy groups -OCH3 is 1. The molecule has 7 nitrogen and oxygen atoms in total. The molecule has 2 aromatic carbocycles. The molecule has 1 aliphatic heterocycles. The Kier molecular flexibility index (Phi) is 5.74. The predicted molar refractivity (Wildman–Crippen MR) is 102 cm³/mol. The first kappa shape index (κ1) is 19.2. The predicted octanol–water partition coefficient (Wildman–Crippen LogP) is 3.10. The zero-order chi connectivity index (χ0) is 20.1. The van der Waals surface area contributed by atoms with Gasteiger partial charge in [-0.15, -0.1) is 0 Å². The highest BCUT2D eigenvalue weighted by Crippen LogP contribution is 2.29. The first-order chi connectivity index (χ1) is 13.5. The fourth-order valence-electron chi connectivity index (χ4n) is 2.97. The van der Waals surface area contributed by atoms with E-state index < -0.39 is 24.0 Å². The maximum absolute atomic E-state index is 12.3. The van der Waals surface area contributed by atoms with Gasteiger partial charge < -0.3 is 20.1 Å². The number of allylic oxidation sites excluding steroid dienone is 1. The lowest BCUT2D eigenvalue weighted by molar-refractivity contribution is -0.136. The number of amides is 2. The molecule has 1 unspecified atom stereocenters. The number of ether oxygens (including phenoxy) is 2. The summed E-state index contributed by atoms with van der Waals surface area (Å²) in [5.41, 5.74) is 1.97. The smallest absolute Gasteiger partial charge is 0.343 e. The second kappa shape index (κ2) is 8.39. The molecule has 0 fully saturated rings. The summed E-state index contributed by atoms with van der Waals surface area (Å²) in [6, 6.07) is 14.2. The maximum Gasteiger partial charge on any atom is 0.343 e. The van der Waals surface area contributed by atoms with Crippen molar-refractivity contribution in [3.63, 3.8) is 0 Å². The van der Waals surface area contributed by atoms with Crippen molar-refractivity contribution in [1.29, 1.82) is 0 Å². The van der Waals surface area contributed by atoms with Crippen LogP contribution in [0.1, 0.15) is 35.3 Å². The molecular formula is C21H20N2O5. The summed E-state index contributed by atoms with van der Waals surface area (Å²) >= 11 is 0. The van der Waals surface area contributed by atoms with Crippen LogP contribution in [-0.4, -0.2) is 25.1 Å². The summed E-state index contributed by atoms with van der Waals surface area (Å²) in [6.45, 7) is 1.84. The van der Waals surface area contributed by atoms with Crippen molar-refractivity contribution in [2.24, 2.45) is 0 Å². The van der Waals surface area contributed by atoms with Crippen molar-refractivity contribution < 1.29 is 23.9 Å². The molecule has 2 N–H and O–H groups in total. The van der Waals surface area contributed by atoms with Crippen LogP contribution in [0.15, 0.2) is 65.9 Å². The largest absolute Gasteiger partial charge is 0.466 e. The quantitative estimate of drug-likeness (QED) is 0.614. The van der Waals surface area contributed by atoms with E-state index in [0.29, 0.717) is 34.6 Å². The normalized spacial score (nSPS) is 16.1. The van der Waals surface area contributed by atoms with E-state index in [1.54, 1.807) is 48.5 Å². The van der Waals surface area contributed by atoms with Gasteiger partial charge in [0, 0.05) is 5.70 Å². The molecule has 2 amide bonds. The van der Waals surface area contributed by atoms with Gasteiger partial charge in [-0.3, -0.25) is 0 Å². The van der Waals surface area contributed by atoms with Crippen LogP contribution in [0.2, 0.25) is 0 Å². The second-order valence-corrected chi connectivity index (χ2v) is 6.09. The van der Waals surface area contributed by atoms with Crippen molar-refractivity contribution in [3.8, 4) is 5.75 Å². The van der Waals surface area contributed by atoms with Gasteiger partial charge in [-0.25, -0.2) is 14.4 Å². The average Bonchev–Trinajstić information content (AvgIpc) is 2.73. The Hall–Kier alpha value is -3.61. The summed E-state index contributed by atoms with van der Waals surface area (Å²) < 4.78 is 10.2. The van der Waals surface area contributed by atoms with Crippen LogP contribution < -0.4 is 15.4 Å². The van der Waals surface area contributed by atoms with Gasteiger partial charge >= 0.3 is 18.0 Å². The van der Waals surface area contributed by atoms with Gasteiger partial charge in [-0.1, -0.05) is 37.3 Å². The van der Waals surface area contributed by atoms with Crippen LogP contribution in [0, 0.1) is 0 Å². The van der Waals surface area contributed by atoms with E-state index in [-0.39, 0.29) is 0 Å². The number of hydrogen-bond donors (Lipinski definition) is 2. The monoisotopic (exact) mass is 380 g/mol. The molecule has 1 aliphatic rings. The van der Waals surface area contributed by atoms with Crippen LogP contribution in [0.3, 0.4) is 0 Å². The van der Waals surface area contributed by atoms with E-state index in [4.69, 9.17) is 9.47 Å². The van der Waals surface area contributed by atoms with E-state index in [2.05, 4.69) is 10.6 Å². The molecule has 0 saturated carbocycles. The Morgan fingerprint density at radius 2 is 1.68 bits per heavy atom. The van der Waals surface area contributed by atoms with Crippen LogP contribution >= 0.6 is 0 Å². The van der Waals surface area contributed by atoms with E-state index >= 15 is 0 Å². The summed E-state index contributed by atoms with van der Waals surface area (Å²) in [4.78, 5) is 36.4. The van der Waals surface area contributed by atoms with Crippen LogP contribution in [0.4, 0.5) is 4.79 Å². The highest BCUT2D eigenvalue weighted by molar-refractivity contribution is 5.95. The van der Waals surface area contributed by atoms with Gasteiger partial charge in [-0.05, 0) is 36.2 Å². The minimum atomic E-state index is -0.657. The third-order valence-electron chi connectivity index (χ3n) is 4.35. The SMILES string of the molecule is CCC1=C(C(=O)OC)C(c2ccc(OC(=O)c3ccccc3)cc2)NC(=O)N1. The van der Waals surface area contributed by atoms with Gasteiger partial charge in [0.15, 0.2) is 0 Å². The molecule has 7 heteroatoms. The molecule has 0 spiro atoms. The molecular weight excluding hydrogens is 360 g/mol. The lowest BCUT2D eigenvalue weighted by Gasteiger charge is -2.28. The molecule has 1 atom stereocenters. The molecule has 0 bridgehead atoms. The molecule has 1 heterocycles. The number of urea groups is 1. The lowest BCUT2D eigenvalue weighted by atomic mass is 9.94. The average molecular weight is 380 g/mol. The number of carbonyl (C=O) groups excluding carboxylic acids is 3. The Labute approximate surface area is 162 Å². The summed E-state index contributed by atoms with van der Waals surface area (Å²) in [5.74, 6) is -0.627. The molecule has 0 saturated heterocycles. The van der Waals surface area contributed by atoms with Crippen LogP contribution in [0.25, 0.3) is 0 Å². The fourth-order valence-corrected chi connectivity index (χ4v) is 2.97. The van der Waals surface area contributed by atoms with Crippen molar-refractivity contribution in [2.75, 3.05) is 7.11 Å². The standard InChI is InChI=1S/C21H20N2O5/c1-3-16-17(20(25)27-2)18(23-21(26)22-16)13-9-11-15(12-10-13)28-19(24)14-7-5-4-6-8-14/h4-12,18H,3H2,1-2H3,(H2,22,23,26). The van der Waals surface area contributed by atoms with Gasteiger partial charge in [-0.2, -0.15) is 0 Å². The summed E-state index contributed by atoms with van der Waals surface area (Å²) in [7, 11) is 1.29. The Bertz CT molecular complexity index is 920. The molecule has 2 aromatic rings. The van der Waals surface area contributed by atoms with Crippen molar-refractivity contribution in [3.05, 3.63) is 77.0 Å². The van der Waals surface area contributed by atoms with E-state index in [1.807, 2.05) is 13.0 Å². The molecule has 0 aromatic heterocycles. The highest BCUT2D eigenvalue weighted by atomic mass is 16.5. The first-order valence-electron chi connectivity index (χ1n) is 8.79. The van der Waals surface area contributed by atoms with Crippen LogP contribution in [0.5, 0.6) is 5.75 Å². The number of carbonyl (C=O) groups is 3. The van der Waals surface area contributed by atoms with E-state index in [9.17, 15) is 14.4 Å². The molecule has 3 rings (SSSR count). The number of nitrogens with one attached hydrogen (secondary N) is 2. The summed E-state index contributed by atoms with van der Waals surface area (Å²) in [6.07, 6.45) is 0.473. The number of hydrogen-bond acceptors (Lipinski definition) is 5. The molecule has 0 radical (unpaired) electrons. The van der Waals surface area contributed by atoms with Gasteiger partial charge in [0.2, 0.25) is 0 Å². The fraction of sp³-hybridized carbons (Fsp3) is 0.190. The summed E-state index contributed by atoms with van der Waals surface area (Å²) in [5, 5.41) is 5.38. The minimum Gasteiger partial charge on any atom is -0.466 e. The first-order valence-corrected chi connectivity index (χ1v) is 8.79. The Morgan fingerprint density at radius 1 is 1.00 bits per heavy atom. The van der Waals surface area contributed by atoms with Crippen LogP contribution in [-0.2, 0) is 9.53 Å². The third kappa shape index (κ3) is 4.03. The van der Waals surface area contributed by atoms with E-state index in [0.717, 1.165) is 0 Å². The maximum atomic E-state index is 12.3. The number of benzene rings is 2. The van der Waals surface area contributed by atoms with Gasteiger partial charge in [0.1, 0.15) is 5.75 Å². The third-order valence-corrected chi connectivity index (χ3v) is 4.35. The topological polar surface area (TPSA) is 93.7 Å². The zero-order valence-electron chi connectivity index (χ0n) is 15.5. The molecule has 144 valence electrons. The van der Waals surface area contributed by atoms with Crippen molar-refractivity contribution in [1.82, 2.24) is 10.6 Å². The zero-order valence-corrected chi connectivity index (χ0v) is 15.5. The number of esters is 2. The Morgan fingerprint density at radius 3 is 2.29 bits per heavy atom. The van der Waals surface area contributed by atoms with Crippen molar-refractivity contribution >= 4 is 18.0 Å². The van der Waals surface area contributed by atoms with E-state index in [1.165, 1.54) is 7.11 Å².